The fraction of sp³-hybridized carbons (Fsp3) is 0.417. The number of nitrogens with one attached hydrogen (secondary N) is 1. The molecular formula is C12H15BrN2O. The molecule has 1 amide bonds. The molecule has 1 aromatic carbocycles. The Morgan fingerprint density at radius 3 is 2.75 bits per heavy atom. The number of rotatable bonds is 2. The lowest BCUT2D eigenvalue weighted by molar-refractivity contribution is -0.131. The standard InChI is InChI=1S/C12H15BrN2O/c1-8-6-12(7-8,11(16)15-14)9-3-2-4-10(13)5-9/h2-5,8H,6-7,14H2,1H3,(H,15,16). The molecule has 1 saturated carbocycles. The van der Waals surface area contributed by atoms with Crippen molar-refractivity contribution in [2.45, 2.75) is 25.2 Å². The van der Waals surface area contributed by atoms with Crippen molar-refractivity contribution in [1.29, 1.82) is 0 Å². The monoisotopic (exact) mass is 282 g/mol. The molecular weight excluding hydrogens is 268 g/mol. The first kappa shape index (κ1) is 11.6. The lowest BCUT2D eigenvalue weighted by Crippen LogP contribution is -2.54. The molecule has 1 aromatic rings. The van der Waals surface area contributed by atoms with Gasteiger partial charge in [-0.05, 0) is 36.5 Å². The minimum absolute atomic E-state index is 0.0799. The smallest absolute Gasteiger partial charge is 0.244 e. The zero-order valence-electron chi connectivity index (χ0n) is 9.16. The molecule has 4 heteroatoms. The summed E-state index contributed by atoms with van der Waals surface area (Å²) in [5.41, 5.74) is 2.92. The Morgan fingerprint density at radius 1 is 1.56 bits per heavy atom. The van der Waals surface area contributed by atoms with E-state index in [1.165, 1.54) is 0 Å². The van der Waals surface area contributed by atoms with E-state index in [-0.39, 0.29) is 5.91 Å². The molecule has 1 aliphatic rings. The predicted molar refractivity (Wildman–Crippen MR) is 66.5 cm³/mol. The van der Waals surface area contributed by atoms with Crippen molar-refractivity contribution in [3.05, 3.63) is 34.3 Å². The number of benzene rings is 1. The van der Waals surface area contributed by atoms with Gasteiger partial charge in [-0.3, -0.25) is 10.2 Å². The summed E-state index contributed by atoms with van der Waals surface area (Å²) in [7, 11) is 0. The van der Waals surface area contributed by atoms with Crippen molar-refractivity contribution >= 4 is 21.8 Å². The highest BCUT2D eigenvalue weighted by Crippen LogP contribution is 2.48. The summed E-state index contributed by atoms with van der Waals surface area (Å²) in [6.07, 6.45) is 1.74. The molecule has 0 heterocycles. The Kier molecular flexibility index (Phi) is 3.04. The van der Waals surface area contributed by atoms with Gasteiger partial charge in [-0.1, -0.05) is 35.0 Å². The first-order valence-electron chi connectivity index (χ1n) is 5.35. The van der Waals surface area contributed by atoms with Gasteiger partial charge in [0.15, 0.2) is 0 Å². The summed E-state index contributed by atoms with van der Waals surface area (Å²) in [6.45, 7) is 2.15. The van der Waals surface area contributed by atoms with Gasteiger partial charge in [0.2, 0.25) is 5.91 Å². The van der Waals surface area contributed by atoms with E-state index >= 15 is 0 Å². The van der Waals surface area contributed by atoms with Crippen molar-refractivity contribution in [2.24, 2.45) is 11.8 Å². The molecule has 2 rings (SSSR count). The van der Waals surface area contributed by atoms with E-state index in [0.29, 0.717) is 5.92 Å². The largest absolute Gasteiger partial charge is 0.293 e. The van der Waals surface area contributed by atoms with Gasteiger partial charge < -0.3 is 0 Å². The highest BCUT2D eigenvalue weighted by molar-refractivity contribution is 9.10. The molecule has 0 saturated heterocycles. The van der Waals surface area contributed by atoms with Gasteiger partial charge in [0.25, 0.3) is 0 Å². The number of nitrogens with two attached hydrogens (primary N) is 1. The lowest BCUT2D eigenvalue weighted by Gasteiger charge is -2.45. The molecule has 0 aromatic heterocycles. The minimum Gasteiger partial charge on any atom is -0.293 e. The number of hydrogen-bond donors (Lipinski definition) is 2. The maximum absolute atomic E-state index is 11.9. The topological polar surface area (TPSA) is 55.1 Å². The second-order valence-electron chi connectivity index (χ2n) is 4.58. The van der Waals surface area contributed by atoms with Crippen molar-refractivity contribution in [1.82, 2.24) is 5.43 Å². The van der Waals surface area contributed by atoms with E-state index in [0.717, 1.165) is 22.9 Å². The van der Waals surface area contributed by atoms with Crippen LogP contribution in [0.4, 0.5) is 0 Å². The molecule has 3 nitrogen and oxygen atoms in total. The second kappa shape index (κ2) is 4.18. The molecule has 0 bridgehead atoms. The van der Waals surface area contributed by atoms with E-state index in [1.807, 2.05) is 24.3 Å². The van der Waals surface area contributed by atoms with E-state index in [2.05, 4.69) is 28.3 Å². The number of carbonyl (C=O) groups is 1. The highest BCUT2D eigenvalue weighted by atomic mass is 79.9. The van der Waals surface area contributed by atoms with Crippen LogP contribution < -0.4 is 11.3 Å². The van der Waals surface area contributed by atoms with Gasteiger partial charge in [-0.2, -0.15) is 0 Å². The molecule has 3 N–H and O–H groups in total. The molecule has 1 fully saturated rings. The SMILES string of the molecule is CC1CC(C(=O)NN)(c2cccc(Br)c2)C1. The zero-order valence-corrected chi connectivity index (χ0v) is 10.8. The van der Waals surface area contributed by atoms with Crippen LogP contribution in [0.3, 0.4) is 0 Å². The highest BCUT2D eigenvalue weighted by Gasteiger charge is 2.49. The van der Waals surface area contributed by atoms with Crippen LogP contribution in [0.2, 0.25) is 0 Å². The Hall–Kier alpha value is -0.870. The lowest BCUT2D eigenvalue weighted by atomic mass is 9.58. The number of halogens is 1. The van der Waals surface area contributed by atoms with Gasteiger partial charge in [0.1, 0.15) is 0 Å². The summed E-state index contributed by atoms with van der Waals surface area (Å²) < 4.78 is 0.994. The number of hydrogen-bond acceptors (Lipinski definition) is 2. The maximum atomic E-state index is 11.9. The fourth-order valence-corrected chi connectivity index (χ4v) is 3.01. The Labute approximate surface area is 104 Å². The first-order valence-corrected chi connectivity index (χ1v) is 6.15. The van der Waals surface area contributed by atoms with Crippen LogP contribution in [0.1, 0.15) is 25.3 Å². The van der Waals surface area contributed by atoms with Crippen LogP contribution in [0.15, 0.2) is 28.7 Å². The fourth-order valence-electron chi connectivity index (χ4n) is 2.61. The molecule has 86 valence electrons. The Morgan fingerprint density at radius 2 is 2.25 bits per heavy atom. The minimum atomic E-state index is -0.419. The maximum Gasteiger partial charge on any atom is 0.244 e. The summed E-state index contributed by atoms with van der Waals surface area (Å²) in [6, 6.07) is 7.90. The predicted octanol–water partition coefficient (Wildman–Crippen LogP) is 2.11. The number of amides is 1. The molecule has 0 unspecified atom stereocenters. The van der Waals surface area contributed by atoms with Crippen molar-refractivity contribution < 1.29 is 4.79 Å². The molecule has 0 aliphatic heterocycles. The summed E-state index contributed by atoms with van der Waals surface area (Å²) in [5, 5.41) is 0. The second-order valence-corrected chi connectivity index (χ2v) is 5.50. The summed E-state index contributed by atoms with van der Waals surface area (Å²) in [5.74, 6) is 5.78. The van der Waals surface area contributed by atoms with Crippen LogP contribution >= 0.6 is 15.9 Å². The molecule has 0 radical (unpaired) electrons. The Bertz CT molecular complexity index is 413. The van der Waals surface area contributed by atoms with Crippen molar-refractivity contribution in [3.8, 4) is 0 Å². The number of hydrazine groups is 1. The zero-order chi connectivity index (χ0) is 11.8. The summed E-state index contributed by atoms with van der Waals surface area (Å²) in [4.78, 5) is 11.9. The van der Waals surface area contributed by atoms with Gasteiger partial charge in [-0.25, -0.2) is 5.84 Å². The first-order chi connectivity index (χ1) is 7.58. The molecule has 16 heavy (non-hydrogen) atoms. The molecule has 0 spiro atoms. The average Bonchev–Trinajstić information content (AvgIpc) is 2.23. The Balaban J connectivity index is 2.37. The average molecular weight is 283 g/mol. The molecule has 1 aliphatic carbocycles. The van der Waals surface area contributed by atoms with Gasteiger partial charge in [0.05, 0.1) is 5.41 Å². The van der Waals surface area contributed by atoms with Crippen LogP contribution in [0, 0.1) is 5.92 Å². The van der Waals surface area contributed by atoms with E-state index < -0.39 is 5.41 Å². The van der Waals surface area contributed by atoms with Crippen LogP contribution in [0.25, 0.3) is 0 Å². The quantitative estimate of drug-likeness (QED) is 0.496. The third kappa shape index (κ3) is 1.76. The van der Waals surface area contributed by atoms with Crippen molar-refractivity contribution in [2.75, 3.05) is 0 Å². The third-order valence-electron chi connectivity index (χ3n) is 3.34. The number of carbonyl (C=O) groups excluding carboxylic acids is 1. The van der Waals surface area contributed by atoms with Gasteiger partial charge >= 0.3 is 0 Å². The van der Waals surface area contributed by atoms with Crippen LogP contribution in [0.5, 0.6) is 0 Å². The summed E-state index contributed by atoms with van der Waals surface area (Å²) >= 11 is 3.43. The van der Waals surface area contributed by atoms with Crippen LogP contribution in [-0.2, 0) is 10.2 Å². The third-order valence-corrected chi connectivity index (χ3v) is 3.83. The molecule has 0 atom stereocenters. The van der Waals surface area contributed by atoms with E-state index in [9.17, 15) is 4.79 Å². The van der Waals surface area contributed by atoms with Crippen LogP contribution in [-0.4, -0.2) is 5.91 Å². The van der Waals surface area contributed by atoms with E-state index in [4.69, 9.17) is 5.84 Å². The van der Waals surface area contributed by atoms with Gasteiger partial charge in [-0.15, -0.1) is 0 Å². The normalized spacial score (nSPS) is 28.3. The van der Waals surface area contributed by atoms with E-state index in [1.54, 1.807) is 0 Å². The van der Waals surface area contributed by atoms with Gasteiger partial charge in [0, 0.05) is 4.47 Å². The van der Waals surface area contributed by atoms with Crippen molar-refractivity contribution in [3.63, 3.8) is 0 Å².